The van der Waals surface area contributed by atoms with E-state index in [0.717, 1.165) is 30.3 Å². The number of nitrogens with zero attached hydrogens (tertiary/aromatic N) is 1. The van der Waals surface area contributed by atoms with Crippen molar-refractivity contribution in [3.63, 3.8) is 0 Å². The van der Waals surface area contributed by atoms with Crippen LogP contribution in [0.3, 0.4) is 0 Å². The van der Waals surface area contributed by atoms with E-state index in [4.69, 9.17) is 4.74 Å². The van der Waals surface area contributed by atoms with Crippen molar-refractivity contribution in [2.24, 2.45) is 0 Å². The Kier molecular flexibility index (Phi) is 3.38. The van der Waals surface area contributed by atoms with Gasteiger partial charge in [-0.05, 0) is 27.2 Å². The van der Waals surface area contributed by atoms with Gasteiger partial charge in [0.15, 0.2) is 0 Å². The average Bonchev–Trinajstić information content (AvgIpc) is 2.75. The van der Waals surface area contributed by atoms with Crippen molar-refractivity contribution in [3.8, 4) is 0 Å². The number of aryl methyl sites for hydroxylation is 2. The molecule has 0 saturated carbocycles. The molecular weight excluding hydrogens is 208 g/mol. The zero-order chi connectivity index (χ0) is 10.8. The Balaban J connectivity index is 2.00. The van der Waals surface area contributed by atoms with Crippen LogP contribution in [-0.2, 0) is 4.74 Å². The first kappa shape index (κ1) is 11.0. The normalized spacial score (nSPS) is 23.3. The van der Waals surface area contributed by atoms with Gasteiger partial charge in [-0.2, -0.15) is 0 Å². The molecule has 0 bridgehead atoms. The third-order valence-corrected chi connectivity index (χ3v) is 4.00. The van der Waals surface area contributed by atoms with Crippen LogP contribution in [0.25, 0.3) is 0 Å². The van der Waals surface area contributed by atoms with E-state index in [0.29, 0.717) is 12.1 Å². The molecule has 1 fully saturated rings. The number of ether oxygens (including phenoxy) is 1. The number of hydrogen-bond donors (Lipinski definition) is 1. The van der Waals surface area contributed by atoms with Gasteiger partial charge in [0.25, 0.3) is 0 Å². The summed E-state index contributed by atoms with van der Waals surface area (Å²) in [6.07, 6.45) is 1.13. The largest absolute Gasteiger partial charge is 0.380 e. The number of nitrogens with one attached hydrogen (secondary N) is 1. The molecule has 0 spiro atoms. The summed E-state index contributed by atoms with van der Waals surface area (Å²) in [5.41, 5.74) is 1.16. The predicted molar refractivity (Wildman–Crippen MR) is 62.4 cm³/mol. The molecule has 1 aliphatic rings. The molecule has 0 aromatic carbocycles. The molecule has 1 aromatic heterocycles. The molecule has 0 radical (unpaired) electrons. The van der Waals surface area contributed by atoms with E-state index in [1.54, 1.807) is 11.3 Å². The van der Waals surface area contributed by atoms with Gasteiger partial charge < -0.3 is 10.1 Å². The Bertz CT molecular complexity index is 331. The van der Waals surface area contributed by atoms with Crippen LogP contribution in [0, 0.1) is 13.8 Å². The van der Waals surface area contributed by atoms with E-state index in [9.17, 15) is 0 Å². The fraction of sp³-hybridized carbons (Fsp3) is 0.727. The molecule has 4 heteroatoms. The van der Waals surface area contributed by atoms with E-state index in [-0.39, 0.29) is 0 Å². The monoisotopic (exact) mass is 226 g/mol. The van der Waals surface area contributed by atoms with Gasteiger partial charge in [0.2, 0.25) is 0 Å². The number of aromatic nitrogens is 1. The van der Waals surface area contributed by atoms with Crippen molar-refractivity contribution in [3.05, 3.63) is 15.6 Å². The molecule has 1 saturated heterocycles. The molecule has 2 rings (SSSR count). The van der Waals surface area contributed by atoms with Gasteiger partial charge in [-0.25, -0.2) is 4.98 Å². The van der Waals surface area contributed by atoms with Crippen LogP contribution in [0.15, 0.2) is 0 Å². The highest BCUT2D eigenvalue weighted by molar-refractivity contribution is 7.11. The lowest BCUT2D eigenvalue weighted by molar-refractivity contribution is 0.188. The van der Waals surface area contributed by atoms with Crippen LogP contribution >= 0.6 is 11.3 Å². The maximum atomic E-state index is 5.35. The molecule has 0 aliphatic carbocycles. The SMILES string of the molecule is Cc1nc(C)c(C(C)NC2CCOC2)s1. The Morgan fingerprint density at radius 3 is 2.87 bits per heavy atom. The van der Waals surface area contributed by atoms with Crippen molar-refractivity contribution in [1.82, 2.24) is 10.3 Å². The third-order valence-electron chi connectivity index (χ3n) is 2.75. The van der Waals surface area contributed by atoms with Crippen molar-refractivity contribution in [2.45, 2.75) is 39.3 Å². The summed E-state index contributed by atoms with van der Waals surface area (Å²) in [5.74, 6) is 0. The van der Waals surface area contributed by atoms with Gasteiger partial charge in [0.1, 0.15) is 0 Å². The van der Waals surface area contributed by atoms with Crippen LogP contribution in [-0.4, -0.2) is 24.2 Å². The summed E-state index contributed by atoms with van der Waals surface area (Å²) in [7, 11) is 0. The maximum absolute atomic E-state index is 5.35. The van der Waals surface area contributed by atoms with Crippen LogP contribution in [0.5, 0.6) is 0 Å². The van der Waals surface area contributed by atoms with Gasteiger partial charge in [-0.3, -0.25) is 0 Å². The summed E-state index contributed by atoms with van der Waals surface area (Å²) in [6.45, 7) is 8.10. The summed E-state index contributed by atoms with van der Waals surface area (Å²) >= 11 is 1.79. The zero-order valence-corrected chi connectivity index (χ0v) is 10.4. The first-order chi connectivity index (χ1) is 7.16. The van der Waals surface area contributed by atoms with Crippen molar-refractivity contribution in [1.29, 1.82) is 0 Å². The molecule has 1 N–H and O–H groups in total. The standard InChI is InChI=1S/C11H18N2OS/c1-7-11(15-9(3)12-7)8(2)13-10-4-5-14-6-10/h8,10,13H,4-6H2,1-3H3. The van der Waals surface area contributed by atoms with E-state index in [1.165, 1.54) is 4.88 Å². The smallest absolute Gasteiger partial charge is 0.0900 e. The number of thiazole rings is 1. The second kappa shape index (κ2) is 4.60. The van der Waals surface area contributed by atoms with Gasteiger partial charge in [-0.15, -0.1) is 11.3 Å². The van der Waals surface area contributed by atoms with E-state index in [2.05, 4.69) is 31.1 Å². The Labute approximate surface area is 94.9 Å². The highest BCUT2D eigenvalue weighted by Gasteiger charge is 2.20. The van der Waals surface area contributed by atoms with Crippen molar-refractivity contribution < 1.29 is 4.74 Å². The first-order valence-corrected chi connectivity index (χ1v) is 6.26. The summed E-state index contributed by atoms with van der Waals surface area (Å²) in [6, 6.07) is 0.907. The van der Waals surface area contributed by atoms with E-state index >= 15 is 0 Å². The van der Waals surface area contributed by atoms with Crippen LogP contribution in [0.1, 0.15) is 35.0 Å². The minimum absolute atomic E-state index is 0.392. The lowest BCUT2D eigenvalue weighted by Gasteiger charge is -2.17. The second-order valence-corrected chi connectivity index (χ2v) is 5.37. The number of hydrogen-bond acceptors (Lipinski definition) is 4. The highest BCUT2D eigenvalue weighted by Crippen LogP contribution is 2.25. The van der Waals surface area contributed by atoms with Crippen LogP contribution in [0.2, 0.25) is 0 Å². The van der Waals surface area contributed by atoms with Crippen LogP contribution < -0.4 is 5.32 Å². The third kappa shape index (κ3) is 2.56. The fourth-order valence-electron chi connectivity index (χ4n) is 2.04. The molecule has 1 aliphatic heterocycles. The highest BCUT2D eigenvalue weighted by atomic mass is 32.1. The topological polar surface area (TPSA) is 34.2 Å². The Hall–Kier alpha value is -0.450. The van der Waals surface area contributed by atoms with E-state index in [1.807, 2.05) is 0 Å². The molecule has 15 heavy (non-hydrogen) atoms. The fourth-order valence-corrected chi connectivity index (χ4v) is 2.98. The van der Waals surface area contributed by atoms with Gasteiger partial charge in [0.05, 0.1) is 17.3 Å². The molecular formula is C11H18N2OS. The average molecular weight is 226 g/mol. The Morgan fingerprint density at radius 2 is 2.33 bits per heavy atom. The summed E-state index contributed by atoms with van der Waals surface area (Å²) < 4.78 is 5.35. The van der Waals surface area contributed by atoms with Crippen LogP contribution in [0.4, 0.5) is 0 Å². The molecule has 1 aromatic rings. The molecule has 2 unspecified atom stereocenters. The van der Waals surface area contributed by atoms with Crippen molar-refractivity contribution >= 4 is 11.3 Å². The van der Waals surface area contributed by atoms with Gasteiger partial charge in [-0.1, -0.05) is 0 Å². The molecule has 84 valence electrons. The lowest BCUT2D eigenvalue weighted by Crippen LogP contribution is -2.31. The Morgan fingerprint density at radius 1 is 1.53 bits per heavy atom. The molecule has 0 amide bonds. The summed E-state index contributed by atoms with van der Waals surface area (Å²) in [4.78, 5) is 5.81. The summed E-state index contributed by atoms with van der Waals surface area (Å²) in [5, 5.41) is 4.75. The minimum atomic E-state index is 0.392. The lowest BCUT2D eigenvalue weighted by atomic mass is 10.2. The minimum Gasteiger partial charge on any atom is -0.380 e. The predicted octanol–water partition coefficient (Wildman–Crippen LogP) is 2.20. The first-order valence-electron chi connectivity index (χ1n) is 5.44. The molecule has 2 heterocycles. The zero-order valence-electron chi connectivity index (χ0n) is 9.54. The van der Waals surface area contributed by atoms with Gasteiger partial charge in [0, 0.05) is 23.6 Å². The molecule has 2 atom stereocenters. The van der Waals surface area contributed by atoms with Gasteiger partial charge >= 0.3 is 0 Å². The van der Waals surface area contributed by atoms with E-state index < -0.39 is 0 Å². The quantitative estimate of drug-likeness (QED) is 0.858. The second-order valence-electron chi connectivity index (χ2n) is 4.13. The van der Waals surface area contributed by atoms with Crippen molar-refractivity contribution in [2.75, 3.05) is 13.2 Å². The maximum Gasteiger partial charge on any atom is 0.0900 e. The number of rotatable bonds is 3. The molecule has 3 nitrogen and oxygen atoms in total.